The van der Waals surface area contributed by atoms with Crippen molar-refractivity contribution in [1.29, 1.82) is 0 Å². The molecule has 0 spiro atoms. The van der Waals surface area contributed by atoms with Gasteiger partial charge in [-0.1, -0.05) is 29.7 Å². The SMILES string of the molecule is C.C.C.C.Cc1cc(P=O)c(-c2c(P=O)cc(C)c(C)c2C)c(C)c1C. The molecule has 2 rings (SSSR count). The van der Waals surface area contributed by atoms with Crippen LogP contribution in [0.2, 0.25) is 0 Å². The van der Waals surface area contributed by atoms with Crippen LogP contribution in [0.25, 0.3) is 11.1 Å². The van der Waals surface area contributed by atoms with Gasteiger partial charge >= 0.3 is 0 Å². The van der Waals surface area contributed by atoms with Gasteiger partial charge in [0.15, 0.2) is 16.9 Å². The molecule has 0 aromatic heterocycles. The summed E-state index contributed by atoms with van der Waals surface area (Å²) >= 11 is 0. The van der Waals surface area contributed by atoms with Crippen molar-refractivity contribution < 1.29 is 9.13 Å². The van der Waals surface area contributed by atoms with Crippen LogP contribution < -0.4 is 10.6 Å². The summed E-state index contributed by atoms with van der Waals surface area (Å²) in [7, 11) is -0.0133. The largest absolute Gasteiger partial charge is 0.269 e. The second kappa shape index (κ2) is 11.4. The molecule has 2 aromatic rings. The van der Waals surface area contributed by atoms with Crippen molar-refractivity contribution in [2.45, 2.75) is 71.2 Å². The van der Waals surface area contributed by atoms with Gasteiger partial charge in [-0.05, 0) is 87.1 Å². The van der Waals surface area contributed by atoms with E-state index in [4.69, 9.17) is 0 Å². The van der Waals surface area contributed by atoms with E-state index in [0.29, 0.717) is 0 Å². The summed E-state index contributed by atoms with van der Waals surface area (Å²) in [5, 5.41) is 1.52. The predicted molar refractivity (Wildman–Crippen MR) is 122 cm³/mol. The predicted octanol–water partition coefficient (Wildman–Crippen LogP) is 7.58. The number of hydrogen-bond donors (Lipinski definition) is 0. The summed E-state index contributed by atoms with van der Waals surface area (Å²) in [4.78, 5) is 0. The number of hydrogen-bond acceptors (Lipinski definition) is 2. The first kappa shape index (κ1) is 29.4. The Bertz CT molecular complexity index is 726. The molecule has 146 valence electrons. The van der Waals surface area contributed by atoms with Crippen molar-refractivity contribution in [3.8, 4) is 11.1 Å². The van der Waals surface area contributed by atoms with E-state index in [1.807, 2.05) is 39.8 Å². The maximum atomic E-state index is 11.7. The van der Waals surface area contributed by atoms with E-state index in [1.165, 1.54) is 11.1 Å². The van der Waals surface area contributed by atoms with Crippen molar-refractivity contribution in [1.82, 2.24) is 0 Å². The number of aryl methyl sites for hydroxylation is 2. The third kappa shape index (κ3) is 4.87. The van der Waals surface area contributed by atoms with Crippen molar-refractivity contribution in [2.75, 3.05) is 0 Å². The molecule has 0 saturated carbocycles. The van der Waals surface area contributed by atoms with E-state index in [9.17, 15) is 9.13 Å². The van der Waals surface area contributed by atoms with Crippen LogP contribution >= 0.6 is 16.9 Å². The van der Waals surface area contributed by atoms with Crippen LogP contribution in [0, 0.1) is 41.5 Å². The molecule has 0 atom stereocenters. The van der Waals surface area contributed by atoms with E-state index < -0.39 is 0 Å². The molecular weight excluding hydrogens is 358 g/mol. The monoisotopic (exact) mass is 394 g/mol. The summed E-state index contributed by atoms with van der Waals surface area (Å²) in [6.45, 7) is 12.3. The zero-order chi connectivity index (χ0) is 16.6. The third-order valence-electron chi connectivity index (χ3n) is 4.72. The molecule has 0 saturated heterocycles. The van der Waals surface area contributed by atoms with Gasteiger partial charge in [0.25, 0.3) is 0 Å². The Balaban J connectivity index is -0.00000132. The van der Waals surface area contributed by atoms with Crippen LogP contribution in [0.15, 0.2) is 12.1 Å². The maximum absolute atomic E-state index is 11.7. The second-order valence-corrected chi connectivity index (χ2v) is 7.19. The molecule has 0 fully saturated rings. The highest BCUT2D eigenvalue weighted by Gasteiger charge is 2.20. The van der Waals surface area contributed by atoms with Crippen LogP contribution in [-0.2, 0) is 9.13 Å². The van der Waals surface area contributed by atoms with E-state index in [2.05, 4.69) is 13.8 Å². The second-order valence-electron chi connectivity index (χ2n) is 5.86. The Hall–Kier alpha value is -1.36. The van der Waals surface area contributed by atoms with Crippen molar-refractivity contribution >= 4 is 27.5 Å². The average Bonchev–Trinajstić information content (AvgIpc) is 2.50. The minimum Gasteiger partial charge on any atom is -0.269 e. The van der Waals surface area contributed by atoms with Gasteiger partial charge in [-0.3, -0.25) is 9.13 Å². The fourth-order valence-corrected chi connectivity index (χ4v) is 4.13. The molecule has 2 aromatic carbocycles. The normalized spacial score (nSPS) is 9.62. The summed E-state index contributed by atoms with van der Waals surface area (Å²) in [5.74, 6) is 0. The van der Waals surface area contributed by atoms with Crippen molar-refractivity contribution in [3.63, 3.8) is 0 Å². The highest BCUT2D eigenvalue weighted by Crippen LogP contribution is 2.33. The van der Waals surface area contributed by atoms with Gasteiger partial charge in [-0.2, -0.15) is 0 Å². The molecule has 4 heteroatoms. The molecule has 0 aliphatic rings. The molecule has 0 amide bonds. The average molecular weight is 394 g/mol. The lowest BCUT2D eigenvalue weighted by molar-refractivity contribution is 0.602. The van der Waals surface area contributed by atoms with Crippen LogP contribution in [0.4, 0.5) is 0 Å². The van der Waals surface area contributed by atoms with Gasteiger partial charge < -0.3 is 0 Å². The molecule has 0 heterocycles. The zero-order valence-electron chi connectivity index (χ0n) is 13.9. The van der Waals surface area contributed by atoms with E-state index in [-0.39, 0.29) is 46.6 Å². The quantitative estimate of drug-likeness (QED) is 0.503. The Labute approximate surface area is 164 Å². The van der Waals surface area contributed by atoms with Gasteiger partial charge in [0, 0.05) is 11.1 Å². The van der Waals surface area contributed by atoms with Gasteiger partial charge in [0.1, 0.15) is 0 Å². The van der Waals surface area contributed by atoms with Gasteiger partial charge in [0.2, 0.25) is 0 Å². The molecule has 0 aliphatic carbocycles. The molecule has 0 radical (unpaired) electrons. The Morgan fingerprint density at radius 1 is 0.538 bits per heavy atom. The lowest BCUT2D eigenvalue weighted by Crippen LogP contribution is -2.13. The van der Waals surface area contributed by atoms with Gasteiger partial charge in [-0.15, -0.1) is 0 Å². The van der Waals surface area contributed by atoms with Crippen molar-refractivity contribution in [3.05, 3.63) is 45.5 Å². The number of benzene rings is 2. The molecular formula is C22H36O2P2. The van der Waals surface area contributed by atoms with Crippen molar-refractivity contribution in [2.24, 2.45) is 0 Å². The molecule has 0 bridgehead atoms. The first-order valence-corrected chi connectivity index (χ1v) is 8.84. The standard InChI is InChI=1S/C18H20O2P2.4CH4/c1-9-7-15(21-19)17(13(5)11(9)3)18-14(6)12(4)10(2)8-16(18)22-20;;;;/h7-8H,1-6H3;4*1H4. The summed E-state index contributed by atoms with van der Waals surface area (Å²) in [5.41, 5.74) is 8.76. The van der Waals surface area contributed by atoms with E-state index >= 15 is 0 Å². The molecule has 2 nitrogen and oxygen atoms in total. The van der Waals surface area contributed by atoms with Gasteiger partial charge in [-0.25, -0.2) is 0 Å². The summed E-state index contributed by atoms with van der Waals surface area (Å²) in [6, 6.07) is 3.93. The highest BCUT2D eigenvalue weighted by molar-refractivity contribution is 7.35. The van der Waals surface area contributed by atoms with E-state index in [1.54, 1.807) is 0 Å². The highest BCUT2D eigenvalue weighted by atomic mass is 31.1. The molecule has 0 unspecified atom stereocenters. The van der Waals surface area contributed by atoms with E-state index in [0.717, 1.165) is 44.0 Å². The van der Waals surface area contributed by atoms with Crippen LogP contribution in [0.5, 0.6) is 0 Å². The van der Waals surface area contributed by atoms with Crippen LogP contribution in [0.1, 0.15) is 63.1 Å². The zero-order valence-corrected chi connectivity index (χ0v) is 15.7. The Kier molecular flexibility index (Phi) is 12.9. The smallest absolute Gasteiger partial charge is 0.192 e. The molecule has 0 N–H and O–H groups in total. The third-order valence-corrected chi connectivity index (χ3v) is 5.82. The topological polar surface area (TPSA) is 34.1 Å². The lowest BCUT2D eigenvalue weighted by atomic mass is 9.89. The maximum Gasteiger partial charge on any atom is 0.192 e. The minimum absolute atomic E-state index is 0. The Morgan fingerprint density at radius 3 is 1.04 bits per heavy atom. The first-order chi connectivity index (χ1) is 10.3. The summed E-state index contributed by atoms with van der Waals surface area (Å²) < 4.78 is 23.4. The lowest BCUT2D eigenvalue weighted by Gasteiger charge is -2.19. The van der Waals surface area contributed by atoms with Gasteiger partial charge in [0.05, 0.1) is 10.6 Å². The van der Waals surface area contributed by atoms with Crippen LogP contribution in [0.3, 0.4) is 0 Å². The fraction of sp³-hybridized carbons (Fsp3) is 0.455. The Morgan fingerprint density at radius 2 is 0.808 bits per heavy atom. The summed E-state index contributed by atoms with van der Waals surface area (Å²) in [6.07, 6.45) is 0. The fourth-order valence-electron chi connectivity index (χ4n) is 2.90. The molecule has 0 aliphatic heterocycles. The number of rotatable bonds is 3. The molecule has 26 heavy (non-hydrogen) atoms. The minimum atomic E-state index is -0.00665. The first-order valence-electron chi connectivity index (χ1n) is 7.22. The van der Waals surface area contributed by atoms with Crippen LogP contribution in [-0.4, -0.2) is 0 Å².